The Hall–Kier alpha value is -0.130. The second-order valence-corrected chi connectivity index (χ2v) is 6.52. The first-order valence-electron chi connectivity index (χ1n) is 6.77. The second kappa shape index (κ2) is 9.85. The predicted octanol–water partition coefficient (Wildman–Crippen LogP) is 2.00. The zero-order chi connectivity index (χ0) is 13.1. The summed E-state index contributed by atoms with van der Waals surface area (Å²) in [6.45, 7) is 4.78. The summed E-state index contributed by atoms with van der Waals surface area (Å²) in [7, 11) is -3.19. The highest BCUT2D eigenvalue weighted by Gasteiger charge is 2.20. The number of nitrogens with one attached hydrogen (secondary N) is 1. The van der Waals surface area contributed by atoms with Gasteiger partial charge in [0.1, 0.15) is 0 Å². The predicted molar refractivity (Wildman–Crippen MR) is 73.4 cm³/mol. The van der Waals surface area contributed by atoms with Gasteiger partial charge in [-0.05, 0) is 12.8 Å². The zero-order valence-electron chi connectivity index (χ0n) is 11.2. The lowest BCUT2D eigenvalue weighted by Gasteiger charge is -2.14. The fourth-order valence-corrected chi connectivity index (χ4v) is 3.11. The molecule has 0 aromatic heterocycles. The van der Waals surface area contributed by atoms with Crippen molar-refractivity contribution in [2.24, 2.45) is 5.73 Å². The molecular weight excluding hydrogens is 236 g/mol. The van der Waals surface area contributed by atoms with Crippen molar-refractivity contribution < 1.29 is 8.42 Å². The van der Waals surface area contributed by atoms with Crippen LogP contribution in [0.25, 0.3) is 0 Å². The van der Waals surface area contributed by atoms with E-state index in [2.05, 4.69) is 11.6 Å². The van der Waals surface area contributed by atoms with Gasteiger partial charge in [-0.1, -0.05) is 46.0 Å². The molecule has 0 aromatic carbocycles. The molecule has 0 bridgehead atoms. The van der Waals surface area contributed by atoms with Crippen LogP contribution in [0.5, 0.6) is 0 Å². The molecule has 0 amide bonds. The number of unbranched alkanes of at least 4 members (excludes halogenated alkanes) is 5. The molecule has 0 radical (unpaired) electrons. The fourth-order valence-electron chi connectivity index (χ4n) is 1.75. The highest BCUT2D eigenvalue weighted by Crippen LogP contribution is 2.06. The van der Waals surface area contributed by atoms with Gasteiger partial charge in [-0.2, -0.15) is 0 Å². The molecule has 0 spiro atoms. The molecule has 0 heterocycles. The van der Waals surface area contributed by atoms with Gasteiger partial charge in [0.05, 0.1) is 5.25 Å². The van der Waals surface area contributed by atoms with E-state index in [0.29, 0.717) is 13.0 Å². The number of hydrogen-bond donors (Lipinski definition) is 2. The van der Waals surface area contributed by atoms with Crippen molar-refractivity contribution in [1.82, 2.24) is 4.72 Å². The van der Waals surface area contributed by atoms with Crippen molar-refractivity contribution in [3.63, 3.8) is 0 Å². The third-order valence-electron chi connectivity index (χ3n) is 2.99. The Balaban J connectivity index is 3.66. The Labute approximate surface area is 106 Å². The summed E-state index contributed by atoms with van der Waals surface area (Å²) in [6.07, 6.45) is 7.56. The third kappa shape index (κ3) is 7.73. The molecule has 0 saturated heterocycles. The van der Waals surface area contributed by atoms with E-state index in [4.69, 9.17) is 5.73 Å². The summed E-state index contributed by atoms with van der Waals surface area (Å²) >= 11 is 0. The van der Waals surface area contributed by atoms with Crippen molar-refractivity contribution in [1.29, 1.82) is 0 Å². The number of nitrogens with two attached hydrogens (primary N) is 1. The number of hydrogen-bond acceptors (Lipinski definition) is 3. The molecule has 0 aromatic rings. The van der Waals surface area contributed by atoms with Crippen LogP contribution in [0.15, 0.2) is 0 Å². The van der Waals surface area contributed by atoms with Crippen LogP contribution >= 0.6 is 0 Å². The number of sulfonamides is 1. The normalized spacial score (nSPS) is 13.8. The van der Waals surface area contributed by atoms with Crippen LogP contribution in [-0.2, 0) is 10.0 Å². The van der Waals surface area contributed by atoms with Gasteiger partial charge in [0.2, 0.25) is 10.0 Å². The summed E-state index contributed by atoms with van der Waals surface area (Å²) < 4.78 is 26.1. The van der Waals surface area contributed by atoms with Gasteiger partial charge >= 0.3 is 0 Å². The first-order chi connectivity index (χ1) is 8.08. The molecule has 0 saturated carbocycles. The first kappa shape index (κ1) is 16.9. The van der Waals surface area contributed by atoms with Gasteiger partial charge < -0.3 is 5.73 Å². The highest BCUT2D eigenvalue weighted by molar-refractivity contribution is 7.90. The van der Waals surface area contributed by atoms with E-state index < -0.39 is 15.3 Å². The Kier molecular flexibility index (Phi) is 9.78. The first-order valence-corrected chi connectivity index (χ1v) is 8.31. The third-order valence-corrected chi connectivity index (χ3v) is 5.00. The lowest BCUT2D eigenvalue weighted by Crippen LogP contribution is -2.39. The lowest BCUT2D eigenvalue weighted by molar-refractivity contribution is 0.551. The molecule has 1 unspecified atom stereocenters. The van der Waals surface area contributed by atoms with Crippen molar-refractivity contribution in [2.45, 2.75) is 64.0 Å². The maximum atomic E-state index is 11.7. The quantitative estimate of drug-likeness (QED) is 0.561. The Bertz CT molecular complexity index is 262. The standard InChI is InChI=1S/C12H28N2O2S/c1-3-5-6-7-8-9-10-14-17(15,16)12(4-2)11-13/h12,14H,3-11,13H2,1-2H3. The van der Waals surface area contributed by atoms with Crippen LogP contribution in [0.4, 0.5) is 0 Å². The van der Waals surface area contributed by atoms with Gasteiger partial charge in [0, 0.05) is 13.1 Å². The van der Waals surface area contributed by atoms with Crippen LogP contribution in [0.3, 0.4) is 0 Å². The van der Waals surface area contributed by atoms with E-state index in [-0.39, 0.29) is 6.54 Å². The molecular formula is C12H28N2O2S. The smallest absolute Gasteiger partial charge is 0.215 e. The van der Waals surface area contributed by atoms with E-state index >= 15 is 0 Å². The van der Waals surface area contributed by atoms with Gasteiger partial charge in [-0.15, -0.1) is 0 Å². The molecule has 104 valence electrons. The van der Waals surface area contributed by atoms with Crippen molar-refractivity contribution >= 4 is 10.0 Å². The summed E-state index contributed by atoms with van der Waals surface area (Å²) in [5, 5.41) is -0.442. The van der Waals surface area contributed by atoms with Crippen LogP contribution < -0.4 is 10.5 Å². The van der Waals surface area contributed by atoms with Crippen LogP contribution in [0, 0.1) is 0 Å². The second-order valence-electron chi connectivity index (χ2n) is 4.47. The largest absolute Gasteiger partial charge is 0.329 e. The molecule has 0 aliphatic heterocycles. The van der Waals surface area contributed by atoms with Crippen LogP contribution in [0.2, 0.25) is 0 Å². The van der Waals surface area contributed by atoms with Gasteiger partial charge in [-0.25, -0.2) is 13.1 Å². The van der Waals surface area contributed by atoms with E-state index in [1.807, 2.05) is 6.92 Å². The summed E-state index contributed by atoms with van der Waals surface area (Å²) in [6, 6.07) is 0. The van der Waals surface area contributed by atoms with E-state index in [9.17, 15) is 8.42 Å². The Morgan fingerprint density at radius 1 is 1.06 bits per heavy atom. The van der Waals surface area contributed by atoms with Crippen molar-refractivity contribution in [3.05, 3.63) is 0 Å². The molecule has 4 nitrogen and oxygen atoms in total. The molecule has 0 aliphatic carbocycles. The monoisotopic (exact) mass is 264 g/mol. The molecule has 0 rings (SSSR count). The number of rotatable bonds is 11. The topological polar surface area (TPSA) is 72.2 Å². The molecule has 3 N–H and O–H groups in total. The minimum atomic E-state index is -3.19. The molecule has 17 heavy (non-hydrogen) atoms. The molecule has 0 fully saturated rings. The maximum absolute atomic E-state index is 11.7. The summed E-state index contributed by atoms with van der Waals surface area (Å²) in [4.78, 5) is 0. The molecule has 5 heteroatoms. The van der Waals surface area contributed by atoms with Crippen LogP contribution in [0.1, 0.15) is 58.8 Å². The summed E-state index contributed by atoms with van der Waals surface area (Å²) in [5.41, 5.74) is 5.44. The SMILES string of the molecule is CCCCCCCCNS(=O)(=O)C(CC)CN. The van der Waals surface area contributed by atoms with Crippen molar-refractivity contribution in [2.75, 3.05) is 13.1 Å². The average molecular weight is 264 g/mol. The van der Waals surface area contributed by atoms with E-state index in [0.717, 1.165) is 12.8 Å². The van der Waals surface area contributed by atoms with E-state index in [1.54, 1.807) is 0 Å². The van der Waals surface area contributed by atoms with Crippen molar-refractivity contribution in [3.8, 4) is 0 Å². The molecule has 0 aliphatic rings. The zero-order valence-corrected chi connectivity index (χ0v) is 12.1. The molecule has 1 atom stereocenters. The minimum Gasteiger partial charge on any atom is -0.329 e. The average Bonchev–Trinajstić information content (AvgIpc) is 2.29. The maximum Gasteiger partial charge on any atom is 0.215 e. The van der Waals surface area contributed by atoms with E-state index in [1.165, 1.54) is 25.7 Å². The Morgan fingerprint density at radius 2 is 1.65 bits per heavy atom. The Morgan fingerprint density at radius 3 is 2.18 bits per heavy atom. The van der Waals surface area contributed by atoms with Gasteiger partial charge in [0.25, 0.3) is 0 Å². The van der Waals surface area contributed by atoms with Gasteiger partial charge in [0.15, 0.2) is 0 Å². The van der Waals surface area contributed by atoms with Gasteiger partial charge in [-0.3, -0.25) is 0 Å². The highest BCUT2D eigenvalue weighted by atomic mass is 32.2. The lowest BCUT2D eigenvalue weighted by atomic mass is 10.1. The summed E-state index contributed by atoms with van der Waals surface area (Å²) in [5.74, 6) is 0. The van der Waals surface area contributed by atoms with Crippen LogP contribution in [-0.4, -0.2) is 26.8 Å². The fraction of sp³-hybridized carbons (Fsp3) is 1.00. The minimum absolute atomic E-state index is 0.197.